The van der Waals surface area contributed by atoms with E-state index in [9.17, 15) is 9.59 Å². The van der Waals surface area contributed by atoms with Crippen molar-refractivity contribution in [2.24, 2.45) is 5.73 Å². The van der Waals surface area contributed by atoms with Crippen LogP contribution in [0.5, 0.6) is 5.75 Å². The molecule has 2 N–H and O–H groups in total. The van der Waals surface area contributed by atoms with Crippen molar-refractivity contribution in [3.63, 3.8) is 0 Å². The summed E-state index contributed by atoms with van der Waals surface area (Å²) in [5.41, 5.74) is 7.21. The number of nitrogens with zero attached hydrogens (tertiary/aromatic N) is 2. The number of aryl methyl sites for hydroxylation is 1. The lowest BCUT2D eigenvalue weighted by Gasteiger charge is -2.36. The summed E-state index contributed by atoms with van der Waals surface area (Å²) in [6.45, 7) is 4.49. The normalized spacial score (nSPS) is 22.3. The molecule has 2 aliphatic heterocycles. The summed E-state index contributed by atoms with van der Waals surface area (Å²) < 4.78 is 11.0. The van der Waals surface area contributed by atoms with E-state index in [1.165, 1.54) is 0 Å². The first kappa shape index (κ1) is 21.5. The Bertz CT molecular complexity index is 677. The van der Waals surface area contributed by atoms with E-state index in [0.29, 0.717) is 44.0 Å². The van der Waals surface area contributed by atoms with E-state index in [2.05, 4.69) is 0 Å². The second kappa shape index (κ2) is 9.39. The molecule has 2 heterocycles. The highest BCUT2D eigenvalue weighted by molar-refractivity contribution is 5.95. The highest BCUT2D eigenvalue weighted by Gasteiger charge is 2.34. The minimum atomic E-state index is -0.382. The lowest BCUT2D eigenvalue weighted by atomic mass is 10.1. The Morgan fingerprint density at radius 1 is 1.19 bits per heavy atom. The molecule has 2 amide bonds. The topological polar surface area (TPSA) is 85.1 Å². The largest absolute Gasteiger partial charge is 0.496 e. The van der Waals surface area contributed by atoms with Gasteiger partial charge in [0.1, 0.15) is 11.9 Å². The summed E-state index contributed by atoms with van der Waals surface area (Å²) in [6.07, 6.45) is 1.17. The van der Waals surface area contributed by atoms with Crippen LogP contribution in [0.15, 0.2) is 18.2 Å². The minimum absolute atomic E-state index is 0. The van der Waals surface area contributed by atoms with E-state index in [-0.39, 0.29) is 36.4 Å². The van der Waals surface area contributed by atoms with Crippen molar-refractivity contribution in [3.8, 4) is 5.75 Å². The fraction of sp³-hybridized carbons (Fsp3) is 0.579. The van der Waals surface area contributed by atoms with E-state index in [1.54, 1.807) is 23.0 Å². The predicted octanol–water partition coefficient (Wildman–Crippen LogP) is 1.22. The Labute approximate surface area is 166 Å². The SMILES string of the molecule is COc1cc(C(=O)N2CCN(C(=O)[C@@H]3CC[C@H](CN)O3)CC2)ccc1C.Cl. The Morgan fingerprint density at radius 3 is 2.44 bits per heavy atom. The van der Waals surface area contributed by atoms with Crippen LogP contribution in [0.25, 0.3) is 0 Å². The molecule has 0 aromatic heterocycles. The van der Waals surface area contributed by atoms with Gasteiger partial charge in [-0.15, -0.1) is 12.4 Å². The molecule has 2 aliphatic rings. The van der Waals surface area contributed by atoms with Gasteiger partial charge < -0.3 is 25.0 Å². The maximum Gasteiger partial charge on any atom is 0.254 e. The number of hydrogen-bond acceptors (Lipinski definition) is 5. The predicted molar refractivity (Wildman–Crippen MR) is 104 cm³/mol. The Hall–Kier alpha value is -1.83. The molecule has 0 aliphatic carbocycles. The van der Waals surface area contributed by atoms with E-state index < -0.39 is 0 Å². The number of piperazine rings is 1. The number of carbonyl (C=O) groups excluding carboxylic acids is 2. The van der Waals surface area contributed by atoms with E-state index in [4.69, 9.17) is 15.2 Å². The summed E-state index contributed by atoms with van der Waals surface area (Å²) >= 11 is 0. The summed E-state index contributed by atoms with van der Waals surface area (Å²) in [5, 5.41) is 0. The molecule has 0 saturated carbocycles. The van der Waals surface area contributed by atoms with E-state index in [0.717, 1.165) is 18.4 Å². The van der Waals surface area contributed by atoms with E-state index in [1.807, 2.05) is 19.1 Å². The summed E-state index contributed by atoms with van der Waals surface area (Å²) in [5.74, 6) is 0.693. The van der Waals surface area contributed by atoms with Gasteiger partial charge in [-0.2, -0.15) is 0 Å². The number of benzene rings is 1. The number of amides is 2. The average molecular weight is 398 g/mol. The number of nitrogens with two attached hydrogens (primary N) is 1. The zero-order valence-electron chi connectivity index (χ0n) is 15.8. The van der Waals surface area contributed by atoms with Crippen molar-refractivity contribution in [1.29, 1.82) is 0 Å². The van der Waals surface area contributed by atoms with Crippen molar-refractivity contribution in [3.05, 3.63) is 29.3 Å². The van der Waals surface area contributed by atoms with Crippen LogP contribution in [0.1, 0.15) is 28.8 Å². The molecule has 27 heavy (non-hydrogen) atoms. The average Bonchev–Trinajstić information content (AvgIpc) is 3.16. The van der Waals surface area contributed by atoms with Gasteiger partial charge in [-0.3, -0.25) is 9.59 Å². The summed E-state index contributed by atoms with van der Waals surface area (Å²) in [4.78, 5) is 28.9. The molecular weight excluding hydrogens is 370 g/mol. The first-order valence-electron chi connectivity index (χ1n) is 9.11. The van der Waals surface area contributed by atoms with Gasteiger partial charge in [0.2, 0.25) is 0 Å². The van der Waals surface area contributed by atoms with E-state index >= 15 is 0 Å². The minimum Gasteiger partial charge on any atom is -0.496 e. The molecular formula is C19H28ClN3O4. The molecule has 0 bridgehead atoms. The van der Waals surface area contributed by atoms with Gasteiger partial charge in [-0.1, -0.05) is 6.07 Å². The Morgan fingerprint density at radius 2 is 1.85 bits per heavy atom. The number of methoxy groups -OCH3 is 1. The number of carbonyl (C=O) groups is 2. The van der Waals surface area contributed by atoms with Crippen molar-refractivity contribution in [1.82, 2.24) is 9.80 Å². The van der Waals surface area contributed by atoms with Crippen LogP contribution in [0.4, 0.5) is 0 Å². The van der Waals surface area contributed by atoms with Gasteiger partial charge in [0, 0.05) is 38.3 Å². The van der Waals surface area contributed by atoms with Gasteiger partial charge in [0.05, 0.1) is 13.2 Å². The molecule has 150 valence electrons. The van der Waals surface area contributed by atoms with Crippen LogP contribution < -0.4 is 10.5 Å². The van der Waals surface area contributed by atoms with Gasteiger partial charge in [-0.05, 0) is 37.5 Å². The highest BCUT2D eigenvalue weighted by atomic mass is 35.5. The van der Waals surface area contributed by atoms with Gasteiger partial charge in [0.15, 0.2) is 0 Å². The molecule has 1 aromatic rings. The molecule has 0 radical (unpaired) electrons. The third kappa shape index (κ3) is 4.72. The highest BCUT2D eigenvalue weighted by Crippen LogP contribution is 2.23. The zero-order chi connectivity index (χ0) is 18.7. The van der Waals surface area contributed by atoms with Crippen LogP contribution in [0.2, 0.25) is 0 Å². The second-order valence-electron chi connectivity index (χ2n) is 6.86. The molecule has 8 heteroatoms. The Balaban J connectivity index is 0.00000261. The lowest BCUT2D eigenvalue weighted by Crippen LogP contribution is -2.53. The maximum absolute atomic E-state index is 12.7. The van der Waals surface area contributed by atoms with Gasteiger partial charge >= 0.3 is 0 Å². The molecule has 3 rings (SSSR count). The Kier molecular flexibility index (Phi) is 7.47. The van der Waals surface area contributed by atoms with Gasteiger partial charge in [0.25, 0.3) is 11.8 Å². The number of halogens is 1. The fourth-order valence-electron chi connectivity index (χ4n) is 3.53. The molecule has 0 unspecified atom stereocenters. The molecule has 7 nitrogen and oxygen atoms in total. The lowest BCUT2D eigenvalue weighted by molar-refractivity contribution is -0.144. The molecule has 1 aromatic carbocycles. The summed E-state index contributed by atoms with van der Waals surface area (Å²) in [7, 11) is 1.60. The molecule has 2 atom stereocenters. The van der Waals surface area contributed by atoms with Crippen LogP contribution in [0, 0.1) is 6.92 Å². The van der Waals surface area contributed by atoms with Gasteiger partial charge in [-0.25, -0.2) is 0 Å². The van der Waals surface area contributed by atoms with Crippen molar-refractivity contribution in [2.75, 3.05) is 39.8 Å². The zero-order valence-corrected chi connectivity index (χ0v) is 16.7. The first-order valence-corrected chi connectivity index (χ1v) is 9.11. The van der Waals surface area contributed by atoms with Crippen molar-refractivity contribution in [2.45, 2.75) is 32.0 Å². The van der Waals surface area contributed by atoms with Crippen LogP contribution >= 0.6 is 12.4 Å². The van der Waals surface area contributed by atoms with Crippen molar-refractivity contribution < 1.29 is 19.1 Å². The smallest absolute Gasteiger partial charge is 0.254 e. The quantitative estimate of drug-likeness (QED) is 0.825. The molecule has 2 fully saturated rings. The monoisotopic (exact) mass is 397 g/mol. The standard InChI is InChI=1S/C19H27N3O4.ClH/c1-13-3-4-14(11-17(13)25-2)18(23)21-7-9-22(10-8-21)19(24)16-6-5-15(12-20)26-16;/h3-4,11,15-16H,5-10,12,20H2,1-2H3;1H/t15-,16+;/m1./s1. The van der Waals surface area contributed by atoms with Crippen LogP contribution in [-0.2, 0) is 9.53 Å². The number of ether oxygens (including phenoxy) is 2. The first-order chi connectivity index (χ1) is 12.5. The third-order valence-corrected chi connectivity index (χ3v) is 5.18. The molecule has 2 saturated heterocycles. The van der Waals surface area contributed by atoms with Crippen LogP contribution in [0.3, 0.4) is 0 Å². The molecule has 0 spiro atoms. The second-order valence-corrected chi connectivity index (χ2v) is 6.86. The summed E-state index contributed by atoms with van der Waals surface area (Å²) in [6, 6.07) is 5.47. The number of hydrogen-bond donors (Lipinski definition) is 1. The number of rotatable bonds is 4. The maximum atomic E-state index is 12.7. The van der Waals surface area contributed by atoms with Crippen LogP contribution in [-0.4, -0.2) is 73.7 Å². The fourth-order valence-corrected chi connectivity index (χ4v) is 3.53. The van der Waals surface area contributed by atoms with Crippen molar-refractivity contribution >= 4 is 24.2 Å². The third-order valence-electron chi connectivity index (χ3n) is 5.18.